The molecule has 0 saturated carbocycles. The molecule has 0 aromatic heterocycles. The van der Waals surface area contributed by atoms with Crippen LogP contribution in [0.15, 0.2) is 0 Å². The molecule has 318 valence electrons. The Labute approximate surface area is 332 Å². The Bertz CT molecular complexity index is 1010. The van der Waals surface area contributed by atoms with Crippen molar-refractivity contribution >= 4 is 23.9 Å². The van der Waals surface area contributed by atoms with Gasteiger partial charge < -0.3 is 18.9 Å². The first-order valence-corrected chi connectivity index (χ1v) is 22.6. The first-order chi connectivity index (χ1) is 25.7. The van der Waals surface area contributed by atoms with E-state index in [2.05, 4.69) is 41.5 Å². The highest BCUT2D eigenvalue weighted by molar-refractivity contribution is 5.93. The van der Waals surface area contributed by atoms with Crippen molar-refractivity contribution in [3.8, 4) is 0 Å². The van der Waals surface area contributed by atoms with Gasteiger partial charge >= 0.3 is 23.9 Å². The zero-order chi connectivity index (χ0) is 41.4. The molecule has 0 aliphatic rings. The third kappa shape index (κ3) is 14.4. The summed E-state index contributed by atoms with van der Waals surface area (Å²) < 4.78 is 25.7. The van der Waals surface area contributed by atoms with Gasteiger partial charge in [-0.3, -0.25) is 14.4 Å². The molecule has 0 aromatic carbocycles. The lowest BCUT2D eigenvalue weighted by Crippen LogP contribution is -2.54. The third-order valence-corrected chi connectivity index (χ3v) is 12.9. The van der Waals surface area contributed by atoms with Crippen LogP contribution in [0.1, 0.15) is 231 Å². The highest BCUT2D eigenvalue weighted by atomic mass is 16.6. The Morgan fingerprint density at radius 1 is 0.407 bits per heavy atom. The van der Waals surface area contributed by atoms with Crippen LogP contribution in [0.4, 0.5) is 0 Å². The Balaban J connectivity index is 7.57. The molecular formula is C46H86O8. The Hall–Kier alpha value is -2.12. The fourth-order valence-corrected chi connectivity index (χ4v) is 9.10. The molecular weight excluding hydrogens is 680 g/mol. The molecule has 3 atom stereocenters. The molecule has 3 unspecified atom stereocenters. The maximum atomic E-state index is 15.1. The summed E-state index contributed by atoms with van der Waals surface area (Å²) in [7, 11) is 0. The van der Waals surface area contributed by atoms with Gasteiger partial charge in [0.25, 0.3) is 0 Å². The maximum absolute atomic E-state index is 15.1. The zero-order valence-electron chi connectivity index (χ0n) is 37.6. The molecule has 0 radical (unpaired) electrons. The summed E-state index contributed by atoms with van der Waals surface area (Å²) in [5.41, 5.74) is -4.65. The van der Waals surface area contributed by atoms with Crippen molar-refractivity contribution in [3.63, 3.8) is 0 Å². The van der Waals surface area contributed by atoms with E-state index in [4.69, 9.17) is 18.9 Å². The van der Waals surface area contributed by atoms with Crippen molar-refractivity contribution in [1.82, 2.24) is 0 Å². The summed E-state index contributed by atoms with van der Waals surface area (Å²) >= 11 is 0. The van der Waals surface area contributed by atoms with Crippen LogP contribution in [-0.4, -0.2) is 46.3 Å². The van der Waals surface area contributed by atoms with Gasteiger partial charge in [0.2, 0.25) is 5.60 Å². The minimum Gasteiger partial charge on any atom is -0.459 e. The minimum absolute atomic E-state index is 0.0193. The van der Waals surface area contributed by atoms with Crippen LogP contribution in [0, 0.1) is 17.8 Å². The Kier molecular flexibility index (Phi) is 25.6. The van der Waals surface area contributed by atoms with E-state index in [9.17, 15) is 14.4 Å². The molecule has 0 N–H and O–H groups in total. The third-order valence-electron chi connectivity index (χ3n) is 12.9. The van der Waals surface area contributed by atoms with Gasteiger partial charge in [0.15, 0.2) is 0 Å². The summed E-state index contributed by atoms with van der Waals surface area (Å²) in [6.45, 7) is 26.8. The molecule has 0 heterocycles. The number of unbranched alkanes of at least 4 members (excludes halogenated alkanes) is 3. The normalized spacial score (nSPS) is 15.1. The summed E-state index contributed by atoms with van der Waals surface area (Å²) in [6, 6.07) is 0. The van der Waals surface area contributed by atoms with Gasteiger partial charge in [0, 0.05) is 6.42 Å². The van der Waals surface area contributed by atoms with Gasteiger partial charge in [-0.2, -0.15) is 0 Å². The molecule has 0 spiro atoms. The van der Waals surface area contributed by atoms with Crippen LogP contribution >= 0.6 is 0 Å². The Morgan fingerprint density at radius 2 is 0.722 bits per heavy atom. The molecule has 0 aliphatic carbocycles. The van der Waals surface area contributed by atoms with Gasteiger partial charge in [0.1, 0.15) is 16.8 Å². The largest absolute Gasteiger partial charge is 0.459 e. The molecule has 0 rings (SSSR count). The van der Waals surface area contributed by atoms with Gasteiger partial charge in [0.05, 0.1) is 12.8 Å². The molecule has 0 fully saturated rings. The predicted molar refractivity (Wildman–Crippen MR) is 221 cm³/mol. The van der Waals surface area contributed by atoms with Crippen LogP contribution in [0.3, 0.4) is 0 Å². The standard InChI is InChI=1S/C46H86O8/c1-14-27-31-36(18-5)43(21-8,22-9)52-40(48)34-46(51-39(47)30-17-4,42(50)54-45(25-12,26-13)38(20-7)33-29-16-3)35-41(49)53-44(23-10,24-11)37(19-6)32-28-15-2/h36-38H,14-35H2,1-13H3. The van der Waals surface area contributed by atoms with Crippen molar-refractivity contribution in [1.29, 1.82) is 0 Å². The van der Waals surface area contributed by atoms with Crippen LogP contribution in [0.2, 0.25) is 0 Å². The molecule has 0 amide bonds. The first kappa shape index (κ1) is 51.9. The van der Waals surface area contributed by atoms with Crippen molar-refractivity contribution in [2.45, 2.75) is 254 Å². The lowest BCUT2D eigenvalue weighted by atomic mass is 9.77. The number of carbonyl (C=O) groups excluding carboxylic acids is 4. The van der Waals surface area contributed by atoms with E-state index >= 15 is 4.79 Å². The number of hydrogen-bond acceptors (Lipinski definition) is 8. The van der Waals surface area contributed by atoms with Crippen molar-refractivity contribution in [2.75, 3.05) is 0 Å². The van der Waals surface area contributed by atoms with Crippen LogP contribution in [0.5, 0.6) is 0 Å². The summed E-state index contributed by atoms with van der Waals surface area (Å²) in [5, 5.41) is 0. The Morgan fingerprint density at radius 3 is 0.981 bits per heavy atom. The second kappa shape index (κ2) is 26.7. The van der Waals surface area contributed by atoms with E-state index in [0.29, 0.717) is 44.9 Å². The summed E-state index contributed by atoms with van der Waals surface area (Å²) in [6.07, 6.45) is 13.9. The number of esters is 4. The van der Waals surface area contributed by atoms with Crippen molar-refractivity contribution < 1.29 is 38.1 Å². The van der Waals surface area contributed by atoms with Crippen molar-refractivity contribution in [2.24, 2.45) is 17.8 Å². The predicted octanol–water partition coefficient (Wildman–Crippen LogP) is 12.8. The molecule has 54 heavy (non-hydrogen) atoms. The van der Waals surface area contributed by atoms with E-state index in [1.807, 2.05) is 48.5 Å². The second-order valence-corrected chi connectivity index (χ2v) is 16.0. The van der Waals surface area contributed by atoms with E-state index in [1.54, 1.807) is 0 Å². The topological polar surface area (TPSA) is 105 Å². The summed E-state index contributed by atoms with van der Waals surface area (Å²) in [5.74, 6) is -2.60. The van der Waals surface area contributed by atoms with Crippen molar-refractivity contribution in [3.05, 3.63) is 0 Å². The average Bonchev–Trinajstić information content (AvgIpc) is 3.16. The average molecular weight is 767 g/mol. The summed E-state index contributed by atoms with van der Waals surface area (Å²) in [4.78, 5) is 57.5. The second-order valence-electron chi connectivity index (χ2n) is 16.0. The van der Waals surface area contributed by atoms with Crippen LogP contribution < -0.4 is 0 Å². The molecule has 0 saturated heterocycles. The van der Waals surface area contributed by atoms with Gasteiger partial charge in [-0.1, -0.05) is 129 Å². The van der Waals surface area contributed by atoms with Gasteiger partial charge in [-0.15, -0.1) is 0 Å². The first-order valence-electron chi connectivity index (χ1n) is 22.6. The quantitative estimate of drug-likeness (QED) is 0.0492. The van der Waals surface area contributed by atoms with Crippen LogP contribution in [-0.2, 0) is 38.1 Å². The lowest BCUT2D eigenvalue weighted by molar-refractivity contribution is -0.211. The van der Waals surface area contributed by atoms with E-state index in [1.165, 1.54) is 0 Å². The fraction of sp³-hybridized carbons (Fsp3) is 0.913. The highest BCUT2D eigenvalue weighted by Crippen LogP contribution is 2.42. The monoisotopic (exact) mass is 767 g/mol. The zero-order valence-corrected chi connectivity index (χ0v) is 37.6. The smallest absolute Gasteiger partial charge is 0.352 e. The van der Waals surface area contributed by atoms with E-state index in [-0.39, 0.29) is 24.2 Å². The molecule has 0 bridgehead atoms. The van der Waals surface area contributed by atoms with Gasteiger partial charge in [-0.25, -0.2) is 4.79 Å². The van der Waals surface area contributed by atoms with Gasteiger partial charge in [-0.05, 0) is 101 Å². The highest BCUT2D eigenvalue weighted by Gasteiger charge is 2.54. The lowest BCUT2D eigenvalue weighted by Gasteiger charge is -2.43. The number of rotatable bonds is 32. The molecule has 0 aliphatic heterocycles. The molecule has 8 heteroatoms. The maximum Gasteiger partial charge on any atom is 0.352 e. The number of hydrogen-bond donors (Lipinski definition) is 0. The SMILES string of the molecule is CCCCC(CC)C(CC)(CC)OC(=O)CC(CC(=O)OC(CC)(CC)C(CC)CCCC)(OC(=O)CCC)C(=O)OC(CC)(CC)C(CC)CCCC. The van der Waals surface area contributed by atoms with E-state index in [0.717, 1.165) is 77.0 Å². The van der Waals surface area contributed by atoms with E-state index < -0.39 is 59.1 Å². The molecule has 0 aromatic rings. The number of carbonyl (C=O) groups is 4. The number of ether oxygens (including phenoxy) is 4. The molecule has 8 nitrogen and oxygen atoms in total. The fourth-order valence-electron chi connectivity index (χ4n) is 9.10. The minimum atomic E-state index is -2.25. The van der Waals surface area contributed by atoms with Crippen LogP contribution in [0.25, 0.3) is 0 Å².